The van der Waals surface area contributed by atoms with Gasteiger partial charge in [0.15, 0.2) is 5.78 Å². The summed E-state index contributed by atoms with van der Waals surface area (Å²) in [6.45, 7) is 6.35. The molecule has 1 aliphatic carbocycles. The monoisotopic (exact) mass is 496 g/mol. The molecule has 2 aliphatic rings. The standard InChI is InChI=1S/C25H31ClF2N2O4/c1-23(2,3)34-22(32)29-13-16(14-29)30-15-17(21-18(26)5-4-6-19(21)30)20(31)7-8-24(33)9-11-25(27,28)12-10-24/h4-6,15-16,33H,7-14H2,1-3H3. The third-order valence-electron chi connectivity index (χ3n) is 6.74. The van der Waals surface area contributed by atoms with Crippen LogP contribution in [0.15, 0.2) is 24.4 Å². The molecular weight excluding hydrogens is 466 g/mol. The van der Waals surface area contributed by atoms with E-state index in [2.05, 4.69) is 0 Å². The Balaban J connectivity index is 1.49. The molecule has 2 fully saturated rings. The number of fused-ring (bicyclic) bond motifs is 1. The number of aromatic nitrogens is 1. The van der Waals surface area contributed by atoms with Gasteiger partial charge in [0.25, 0.3) is 0 Å². The van der Waals surface area contributed by atoms with Crippen LogP contribution in [0.5, 0.6) is 0 Å². The summed E-state index contributed by atoms with van der Waals surface area (Å²) in [5.41, 5.74) is -0.587. The fraction of sp³-hybridized carbons (Fsp3) is 0.600. The van der Waals surface area contributed by atoms with Crippen LogP contribution < -0.4 is 0 Å². The normalized spacial score (nSPS) is 20.3. The van der Waals surface area contributed by atoms with E-state index in [1.165, 1.54) is 0 Å². The summed E-state index contributed by atoms with van der Waals surface area (Å²) < 4.78 is 34.3. The predicted molar refractivity (Wildman–Crippen MR) is 126 cm³/mol. The highest BCUT2D eigenvalue weighted by Gasteiger charge is 2.42. The minimum atomic E-state index is -2.74. The molecule has 1 saturated heterocycles. The summed E-state index contributed by atoms with van der Waals surface area (Å²) in [5, 5.41) is 11.8. The number of ether oxygens (including phenoxy) is 1. The van der Waals surface area contributed by atoms with Gasteiger partial charge in [-0.3, -0.25) is 4.79 Å². The van der Waals surface area contributed by atoms with Gasteiger partial charge in [-0.2, -0.15) is 0 Å². The molecule has 34 heavy (non-hydrogen) atoms. The maximum absolute atomic E-state index is 13.5. The maximum Gasteiger partial charge on any atom is 0.410 e. The second-order valence-electron chi connectivity index (χ2n) is 10.6. The number of nitrogens with zero attached hydrogens (tertiary/aromatic N) is 2. The molecule has 0 spiro atoms. The number of amides is 1. The minimum absolute atomic E-state index is 0.0155. The van der Waals surface area contributed by atoms with Crippen molar-refractivity contribution >= 4 is 34.4 Å². The van der Waals surface area contributed by atoms with Crippen molar-refractivity contribution in [2.75, 3.05) is 13.1 Å². The van der Waals surface area contributed by atoms with Gasteiger partial charge in [-0.25, -0.2) is 13.6 Å². The van der Waals surface area contributed by atoms with E-state index in [0.717, 1.165) is 5.52 Å². The van der Waals surface area contributed by atoms with E-state index in [4.69, 9.17) is 16.3 Å². The smallest absolute Gasteiger partial charge is 0.410 e. The number of aliphatic hydroxyl groups is 1. The first-order valence-electron chi connectivity index (χ1n) is 11.7. The molecule has 186 valence electrons. The van der Waals surface area contributed by atoms with Gasteiger partial charge in [0.05, 0.1) is 22.2 Å². The van der Waals surface area contributed by atoms with Crippen molar-refractivity contribution in [2.24, 2.45) is 0 Å². The van der Waals surface area contributed by atoms with Crippen LogP contribution in [0, 0.1) is 0 Å². The number of carbonyl (C=O) groups excluding carboxylic acids is 2. The third-order valence-corrected chi connectivity index (χ3v) is 7.06. The van der Waals surface area contributed by atoms with Crippen LogP contribution in [0.1, 0.15) is 75.7 Å². The number of likely N-dealkylation sites (tertiary alicyclic amines) is 1. The number of alkyl halides is 2. The zero-order chi connectivity index (χ0) is 24.9. The van der Waals surface area contributed by atoms with Gasteiger partial charge >= 0.3 is 6.09 Å². The highest BCUT2D eigenvalue weighted by atomic mass is 35.5. The fourth-order valence-corrected chi connectivity index (χ4v) is 4.97. The molecule has 2 aromatic rings. The van der Waals surface area contributed by atoms with Gasteiger partial charge in [-0.15, -0.1) is 0 Å². The first-order chi connectivity index (χ1) is 15.8. The van der Waals surface area contributed by atoms with E-state index in [9.17, 15) is 23.5 Å². The Morgan fingerprint density at radius 3 is 2.44 bits per heavy atom. The second-order valence-corrected chi connectivity index (χ2v) is 11.0. The van der Waals surface area contributed by atoms with Crippen molar-refractivity contribution in [1.82, 2.24) is 9.47 Å². The first kappa shape index (κ1) is 24.9. The summed E-state index contributed by atoms with van der Waals surface area (Å²) in [4.78, 5) is 27.1. The molecule has 0 bridgehead atoms. The van der Waals surface area contributed by atoms with Gasteiger partial charge in [-0.05, 0) is 52.2 Å². The summed E-state index contributed by atoms with van der Waals surface area (Å²) in [6.07, 6.45) is 0.805. The van der Waals surface area contributed by atoms with Crippen LogP contribution >= 0.6 is 11.6 Å². The van der Waals surface area contributed by atoms with Crippen LogP contribution in [0.25, 0.3) is 10.9 Å². The molecule has 4 rings (SSSR count). The van der Waals surface area contributed by atoms with Crippen molar-refractivity contribution in [3.8, 4) is 0 Å². The lowest BCUT2D eigenvalue weighted by atomic mass is 9.79. The fourth-order valence-electron chi connectivity index (χ4n) is 4.70. The predicted octanol–water partition coefficient (Wildman–Crippen LogP) is 5.99. The topological polar surface area (TPSA) is 71.8 Å². The number of hydrogen-bond acceptors (Lipinski definition) is 4. The van der Waals surface area contributed by atoms with Crippen molar-refractivity contribution in [3.63, 3.8) is 0 Å². The lowest BCUT2D eigenvalue weighted by Crippen LogP contribution is -2.52. The number of halogens is 3. The summed E-state index contributed by atoms with van der Waals surface area (Å²) in [7, 11) is 0. The third kappa shape index (κ3) is 5.23. The number of Topliss-reactive ketones (excluding diaryl/α,β-unsaturated/α-hetero) is 1. The van der Waals surface area contributed by atoms with Gasteiger partial charge in [0, 0.05) is 49.5 Å². The van der Waals surface area contributed by atoms with Gasteiger partial charge in [0.2, 0.25) is 5.92 Å². The molecule has 1 aliphatic heterocycles. The maximum atomic E-state index is 13.5. The Kier molecular flexibility index (Phi) is 6.44. The second kappa shape index (κ2) is 8.79. The Morgan fingerprint density at radius 1 is 1.18 bits per heavy atom. The number of rotatable bonds is 5. The molecule has 2 heterocycles. The lowest BCUT2D eigenvalue weighted by molar-refractivity contribution is -0.105. The van der Waals surface area contributed by atoms with E-state index < -0.39 is 17.1 Å². The molecule has 0 radical (unpaired) electrons. The molecule has 0 atom stereocenters. The van der Waals surface area contributed by atoms with Gasteiger partial charge in [-0.1, -0.05) is 17.7 Å². The Morgan fingerprint density at radius 2 is 1.82 bits per heavy atom. The molecule has 1 aromatic heterocycles. The van der Waals surface area contributed by atoms with Crippen LogP contribution in [0.2, 0.25) is 5.02 Å². The average Bonchev–Trinajstić information content (AvgIpc) is 3.07. The Labute approximate surface area is 202 Å². The molecule has 9 heteroatoms. The number of ketones is 1. The molecule has 1 amide bonds. The lowest BCUT2D eigenvalue weighted by Gasteiger charge is -2.40. The molecule has 6 nitrogen and oxygen atoms in total. The largest absolute Gasteiger partial charge is 0.444 e. The zero-order valence-electron chi connectivity index (χ0n) is 19.7. The van der Waals surface area contributed by atoms with Crippen LogP contribution in [-0.2, 0) is 4.74 Å². The van der Waals surface area contributed by atoms with Crippen LogP contribution in [-0.4, -0.2) is 56.7 Å². The SMILES string of the molecule is CC(C)(C)OC(=O)N1CC(n2cc(C(=O)CCC3(O)CCC(F)(F)CC3)c3c(Cl)cccc32)C1. The highest BCUT2D eigenvalue weighted by molar-refractivity contribution is 6.37. The first-order valence-corrected chi connectivity index (χ1v) is 12.1. The molecule has 1 aromatic carbocycles. The van der Waals surface area contributed by atoms with Crippen molar-refractivity contribution in [1.29, 1.82) is 0 Å². The van der Waals surface area contributed by atoms with E-state index in [-0.39, 0.29) is 56.4 Å². The van der Waals surface area contributed by atoms with E-state index in [1.54, 1.807) is 17.2 Å². The number of carbonyl (C=O) groups is 2. The summed E-state index contributed by atoms with van der Waals surface area (Å²) >= 11 is 6.46. The molecule has 1 N–H and O–H groups in total. The van der Waals surface area contributed by atoms with Crippen LogP contribution in [0.4, 0.5) is 13.6 Å². The van der Waals surface area contributed by atoms with E-state index >= 15 is 0 Å². The van der Waals surface area contributed by atoms with Crippen molar-refractivity contribution in [3.05, 3.63) is 35.0 Å². The number of hydrogen-bond donors (Lipinski definition) is 1. The highest BCUT2D eigenvalue weighted by Crippen LogP contribution is 2.41. The summed E-state index contributed by atoms with van der Waals surface area (Å²) in [5.74, 6) is -2.93. The Bertz CT molecular complexity index is 1090. The van der Waals surface area contributed by atoms with Gasteiger partial charge < -0.3 is 19.3 Å². The molecule has 1 saturated carbocycles. The molecule has 0 unspecified atom stereocenters. The van der Waals surface area contributed by atoms with Crippen LogP contribution in [0.3, 0.4) is 0 Å². The summed E-state index contributed by atoms with van der Waals surface area (Å²) in [6, 6.07) is 5.38. The zero-order valence-corrected chi connectivity index (χ0v) is 20.5. The van der Waals surface area contributed by atoms with E-state index in [1.807, 2.05) is 37.5 Å². The van der Waals surface area contributed by atoms with Gasteiger partial charge in [0.1, 0.15) is 5.60 Å². The minimum Gasteiger partial charge on any atom is -0.444 e. The van der Waals surface area contributed by atoms with E-state index in [0.29, 0.717) is 29.1 Å². The number of benzene rings is 1. The molecular formula is C25H31ClF2N2O4. The van der Waals surface area contributed by atoms with Crippen molar-refractivity contribution in [2.45, 2.75) is 82.5 Å². The quantitative estimate of drug-likeness (QED) is 0.516. The van der Waals surface area contributed by atoms with Crippen molar-refractivity contribution < 1.29 is 28.2 Å². The average molecular weight is 497 g/mol. The Hall–Kier alpha value is -2.19.